The number of carbonyl (C=O) groups is 1. The fourth-order valence-corrected chi connectivity index (χ4v) is 2.06. The van der Waals surface area contributed by atoms with Crippen molar-refractivity contribution in [2.75, 3.05) is 5.43 Å². The molecule has 1 aromatic carbocycles. The third-order valence-corrected chi connectivity index (χ3v) is 2.88. The Balaban J connectivity index is 2.35. The predicted molar refractivity (Wildman–Crippen MR) is 51.5 cm³/mol. The highest BCUT2D eigenvalue weighted by molar-refractivity contribution is 9.10. The number of hydrazine groups is 1. The Bertz CT molecular complexity index is 331. The average molecular weight is 245 g/mol. The van der Waals surface area contributed by atoms with Gasteiger partial charge in [-0.25, -0.2) is 0 Å². The average Bonchev–Trinajstić information content (AvgIpc) is 2.46. The zero-order valence-electron chi connectivity index (χ0n) is 5.95. The van der Waals surface area contributed by atoms with Crippen molar-refractivity contribution in [1.82, 2.24) is 4.41 Å². The van der Waals surface area contributed by atoms with Gasteiger partial charge in [-0.15, -0.1) is 0 Å². The van der Waals surface area contributed by atoms with Gasteiger partial charge in [0.2, 0.25) is 6.41 Å². The number of amides is 1. The lowest BCUT2D eigenvalue weighted by molar-refractivity contribution is -0.112. The smallest absolute Gasteiger partial charge is 0.238 e. The second-order valence-corrected chi connectivity index (χ2v) is 4.21. The summed E-state index contributed by atoms with van der Waals surface area (Å²) in [5.74, 6) is 0. The first kappa shape index (κ1) is 7.94. The van der Waals surface area contributed by atoms with Crippen LogP contribution in [0, 0.1) is 0 Å². The normalized spacial score (nSPS) is 13.9. The van der Waals surface area contributed by atoms with Gasteiger partial charge in [0.1, 0.15) is 0 Å². The minimum atomic E-state index is 0.749. The van der Waals surface area contributed by atoms with Crippen molar-refractivity contribution < 1.29 is 4.79 Å². The standard InChI is InChI=1S/C7H5BrN2OS/c8-5-1-2-7-6(3-5)9-10(4-11)12-7/h1-4,9H. The lowest BCUT2D eigenvalue weighted by atomic mass is 10.3. The molecule has 3 nitrogen and oxygen atoms in total. The second kappa shape index (κ2) is 2.99. The number of nitrogens with zero attached hydrogens (tertiary/aromatic N) is 1. The SMILES string of the molecule is O=CN1Nc2cc(Br)ccc2S1. The van der Waals surface area contributed by atoms with Gasteiger partial charge in [-0.05, 0) is 18.2 Å². The minimum absolute atomic E-state index is 0.749. The number of hydrogen-bond acceptors (Lipinski definition) is 3. The van der Waals surface area contributed by atoms with Crippen molar-refractivity contribution in [1.29, 1.82) is 0 Å². The van der Waals surface area contributed by atoms with E-state index < -0.39 is 0 Å². The lowest BCUT2D eigenvalue weighted by Crippen LogP contribution is -2.14. The molecule has 0 bridgehead atoms. The first-order valence-corrected chi connectivity index (χ1v) is 4.85. The van der Waals surface area contributed by atoms with Gasteiger partial charge in [-0.3, -0.25) is 10.2 Å². The second-order valence-electron chi connectivity index (χ2n) is 2.27. The number of hydrogen-bond donors (Lipinski definition) is 1. The monoisotopic (exact) mass is 244 g/mol. The van der Waals surface area contributed by atoms with Gasteiger partial charge in [0.15, 0.2) is 0 Å². The Hall–Kier alpha value is -0.680. The summed E-state index contributed by atoms with van der Waals surface area (Å²) in [4.78, 5) is 11.5. The molecule has 0 atom stereocenters. The maximum atomic E-state index is 10.4. The molecule has 0 aromatic heterocycles. The molecule has 0 saturated heterocycles. The third-order valence-electron chi connectivity index (χ3n) is 1.46. The first-order valence-electron chi connectivity index (χ1n) is 3.28. The fraction of sp³-hybridized carbons (Fsp3) is 0. The number of benzene rings is 1. The summed E-state index contributed by atoms with van der Waals surface area (Å²) in [5.41, 5.74) is 3.88. The molecule has 1 heterocycles. The molecular weight excluding hydrogens is 240 g/mol. The van der Waals surface area contributed by atoms with E-state index in [9.17, 15) is 4.79 Å². The molecule has 0 unspecified atom stereocenters. The van der Waals surface area contributed by atoms with Crippen molar-refractivity contribution >= 4 is 40.0 Å². The minimum Gasteiger partial charge on any atom is -0.284 e. The zero-order valence-corrected chi connectivity index (χ0v) is 8.35. The summed E-state index contributed by atoms with van der Waals surface area (Å²) >= 11 is 4.73. The highest BCUT2D eigenvalue weighted by atomic mass is 79.9. The van der Waals surface area contributed by atoms with E-state index in [-0.39, 0.29) is 0 Å². The number of fused-ring (bicyclic) bond motifs is 1. The quantitative estimate of drug-likeness (QED) is 0.608. The molecule has 0 fully saturated rings. The first-order chi connectivity index (χ1) is 5.79. The van der Waals surface area contributed by atoms with E-state index in [0.29, 0.717) is 0 Å². The van der Waals surface area contributed by atoms with Crippen LogP contribution in [0.3, 0.4) is 0 Å². The van der Waals surface area contributed by atoms with Crippen LogP contribution in [0.25, 0.3) is 0 Å². The molecule has 0 radical (unpaired) electrons. The molecule has 5 heteroatoms. The molecule has 0 aliphatic carbocycles. The maximum Gasteiger partial charge on any atom is 0.238 e. The summed E-state index contributed by atoms with van der Waals surface area (Å²) in [5, 5.41) is 0. The van der Waals surface area contributed by atoms with E-state index in [1.807, 2.05) is 18.2 Å². The van der Waals surface area contributed by atoms with Gasteiger partial charge < -0.3 is 0 Å². The molecule has 1 aliphatic heterocycles. The largest absolute Gasteiger partial charge is 0.284 e. The van der Waals surface area contributed by atoms with Gasteiger partial charge >= 0.3 is 0 Å². The molecular formula is C7H5BrN2OS. The summed E-state index contributed by atoms with van der Waals surface area (Å²) in [6.45, 7) is 0. The van der Waals surface area contributed by atoms with E-state index in [0.717, 1.165) is 21.5 Å². The van der Waals surface area contributed by atoms with Gasteiger partial charge in [0.25, 0.3) is 0 Å². The highest BCUT2D eigenvalue weighted by Gasteiger charge is 2.17. The summed E-state index contributed by atoms with van der Waals surface area (Å²) in [6, 6.07) is 5.84. The Labute approximate surface area is 82.4 Å². The molecule has 12 heavy (non-hydrogen) atoms. The van der Waals surface area contributed by atoms with E-state index in [1.165, 1.54) is 16.4 Å². The van der Waals surface area contributed by atoms with E-state index in [2.05, 4.69) is 21.4 Å². The Morgan fingerprint density at radius 1 is 1.58 bits per heavy atom. The van der Waals surface area contributed by atoms with Crippen LogP contribution in [-0.4, -0.2) is 10.8 Å². The van der Waals surface area contributed by atoms with Crippen LogP contribution in [0.15, 0.2) is 27.6 Å². The van der Waals surface area contributed by atoms with Crippen molar-refractivity contribution in [2.45, 2.75) is 4.90 Å². The highest BCUT2D eigenvalue weighted by Crippen LogP contribution is 2.37. The molecule has 1 N–H and O–H groups in total. The van der Waals surface area contributed by atoms with Crippen LogP contribution in [0.2, 0.25) is 0 Å². The number of nitrogens with one attached hydrogen (secondary N) is 1. The Morgan fingerprint density at radius 3 is 3.17 bits per heavy atom. The van der Waals surface area contributed by atoms with Gasteiger partial charge in [-0.1, -0.05) is 15.9 Å². The van der Waals surface area contributed by atoms with Crippen molar-refractivity contribution in [3.8, 4) is 0 Å². The van der Waals surface area contributed by atoms with Crippen LogP contribution in [0.4, 0.5) is 5.69 Å². The topological polar surface area (TPSA) is 32.3 Å². The summed E-state index contributed by atoms with van der Waals surface area (Å²) in [7, 11) is 0. The van der Waals surface area contributed by atoms with Crippen LogP contribution in [0.5, 0.6) is 0 Å². The molecule has 0 spiro atoms. The van der Waals surface area contributed by atoms with E-state index in [1.54, 1.807) is 0 Å². The molecule has 0 saturated carbocycles. The van der Waals surface area contributed by atoms with Gasteiger partial charge in [0, 0.05) is 16.4 Å². The molecule has 62 valence electrons. The van der Waals surface area contributed by atoms with Crippen molar-refractivity contribution in [3.05, 3.63) is 22.7 Å². The number of carbonyl (C=O) groups excluding carboxylic acids is 1. The van der Waals surface area contributed by atoms with Crippen LogP contribution in [0.1, 0.15) is 0 Å². The summed E-state index contributed by atoms with van der Waals surface area (Å²) < 4.78 is 2.43. The van der Waals surface area contributed by atoms with Crippen molar-refractivity contribution in [3.63, 3.8) is 0 Å². The van der Waals surface area contributed by atoms with Gasteiger partial charge in [-0.2, -0.15) is 4.41 Å². The summed E-state index contributed by atoms with van der Waals surface area (Å²) in [6.07, 6.45) is 0.749. The van der Waals surface area contributed by atoms with Crippen LogP contribution < -0.4 is 5.43 Å². The Morgan fingerprint density at radius 2 is 2.42 bits per heavy atom. The number of anilines is 1. The van der Waals surface area contributed by atoms with Gasteiger partial charge in [0.05, 0.1) is 10.6 Å². The molecule has 2 rings (SSSR count). The fourth-order valence-electron chi connectivity index (χ4n) is 0.965. The molecule has 1 aliphatic rings. The Kier molecular flexibility index (Phi) is 1.98. The van der Waals surface area contributed by atoms with Crippen molar-refractivity contribution in [2.24, 2.45) is 0 Å². The third kappa shape index (κ3) is 1.30. The van der Waals surface area contributed by atoms with E-state index >= 15 is 0 Å². The molecule has 1 amide bonds. The number of rotatable bonds is 1. The number of halogens is 1. The zero-order chi connectivity index (χ0) is 8.55. The maximum absolute atomic E-state index is 10.4. The van der Waals surface area contributed by atoms with Crippen LogP contribution >= 0.6 is 27.9 Å². The molecule has 1 aromatic rings. The van der Waals surface area contributed by atoms with Crippen LogP contribution in [-0.2, 0) is 4.79 Å². The lowest BCUT2D eigenvalue weighted by Gasteiger charge is -2.04. The van der Waals surface area contributed by atoms with E-state index in [4.69, 9.17) is 0 Å². The predicted octanol–water partition coefficient (Wildman–Crippen LogP) is 2.26.